The number of hydrogen-bond donors (Lipinski definition) is 1. The molecule has 0 radical (unpaired) electrons. The summed E-state index contributed by atoms with van der Waals surface area (Å²) in [7, 11) is -10.9. The van der Waals surface area contributed by atoms with Crippen molar-refractivity contribution < 1.29 is 147 Å². The normalized spacial score (nSPS) is 12.3. The summed E-state index contributed by atoms with van der Waals surface area (Å²) < 4.78 is 21.3. The average molecular weight is 363 g/mol. The van der Waals surface area contributed by atoms with E-state index >= 15 is 0 Å². The number of nitrogens with two attached hydrogens (primary N) is 1. The standard InChI is InChI=1S/C7H19NO6P2.4Na/c1-2-3-4-6(8)5-7(15(9,10)11)16(12,13)14;;;;/h6-7H,2-5,8H2,1H3,(H2,9,10,11)(H2,12,13,14);;;;/q;4*+1/p-4. The van der Waals surface area contributed by atoms with Crippen molar-refractivity contribution >= 4 is 15.2 Å². The van der Waals surface area contributed by atoms with Gasteiger partial charge in [-0.25, -0.2) is 0 Å². The first-order valence-electron chi connectivity index (χ1n) is 4.88. The van der Waals surface area contributed by atoms with Gasteiger partial charge in [-0.15, -0.1) is 0 Å². The zero-order chi connectivity index (χ0) is 13.0. The predicted molar refractivity (Wildman–Crippen MR) is 51.1 cm³/mol. The Morgan fingerprint density at radius 3 is 1.55 bits per heavy atom. The van der Waals surface area contributed by atoms with E-state index in [4.69, 9.17) is 5.73 Å². The smallest absolute Gasteiger partial charge is 0.810 e. The van der Waals surface area contributed by atoms with Gasteiger partial charge in [0.2, 0.25) is 0 Å². The Labute approximate surface area is 208 Å². The van der Waals surface area contributed by atoms with E-state index < -0.39 is 33.1 Å². The van der Waals surface area contributed by atoms with Gasteiger partial charge in [0.05, 0.1) is 0 Å². The van der Waals surface area contributed by atoms with E-state index in [0.717, 1.165) is 6.42 Å². The van der Waals surface area contributed by atoms with E-state index in [1.165, 1.54) is 0 Å². The van der Waals surface area contributed by atoms with Gasteiger partial charge in [-0.1, -0.05) is 35.0 Å². The minimum Gasteiger partial charge on any atom is -0.810 e. The van der Waals surface area contributed by atoms with Crippen LogP contribution < -0.4 is 144 Å². The van der Waals surface area contributed by atoms with Crippen LogP contribution in [0.3, 0.4) is 0 Å². The van der Waals surface area contributed by atoms with Crippen molar-refractivity contribution in [1.29, 1.82) is 0 Å². The molecule has 0 aromatic rings. The van der Waals surface area contributed by atoms with Crippen LogP contribution in [0.1, 0.15) is 32.6 Å². The van der Waals surface area contributed by atoms with Crippen LogP contribution >= 0.6 is 15.2 Å². The van der Waals surface area contributed by atoms with Crippen molar-refractivity contribution in [2.24, 2.45) is 5.73 Å². The fourth-order valence-electron chi connectivity index (χ4n) is 1.29. The molecule has 7 nitrogen and oxygen atoms in total. The van der Waals surface area contributed by atoms with E-state index in [2.05, 4.69) is 0 Å². The van der Waals surface area contributed by atoms with Crippen LogP contribution in [0.5, 0.6) is 0 Å². The summed E-state index contributed by atoms with van der Waals surface area (Å²) >= 11 is 0. The molecule has 0 spiro atoms. The Morgan fingerprint density at radius 1 is 0.950 bits per heavy atom. The summed E-state index contributed by atoms with van der Waals surface area (Å²) in [5.74, 6) is 0. The fraction of sp³-hybridized carbons (Fsp3) is 1.00. The van der Waals surface area contributed by atoms with Gasteiger partial charge < -0.3 is 34.4 Å². The predicted octanol–water partition coefficient (Wildman–Crippen LogP) is -13.9. The minimum absolute atomic E-state index is 0. The minimum atomic E-state index is -5.45. The molecule has 13 heteroatoms. The first kappa shape index (κ1) is 35.4. The van der Waals surface area contributed by atoms with Crippen molar-refractivity contribution in [3.8, 4) is 0 Å². The molecule has 0 aliphatic rings. The van der Waals surface area contributed by atoms with Crippen LogP contribution in [0.25, 0.3) is 0 Å². The summed E-state index contributed by atoms with van der Waals surface area (Å²) in [5, 5.41) is -2.42. The zero-order valence-corrected chi connectivity index (χ0v) is 22.7. The second kappa shape index (κ2) is 16.7. The molecular weight excluding hydrogens is 348 g/mol. The van der Waals surface area contributed by atoms with Gasteiger partial charge in [0.15, 0.2) is 0 Å². The molecule has 98 valence electrons. The van der Waals surface area contributed by atoms with Crippen molar-refractivity contribution in [1.82, 2.24) is 0 Å². The third-order valence-electron chi connectivity index (χ3n) is 2.17. The van der Waals surface area contributed by atoms with Crippen molar-refractivity contribution in [2.75, 3.05) is 0 Å². The van der Waals surface area contributed by atoms with E-state index in [1.54, 1.807) is 0 Å². The van der Waals surface area contributed by atoms with Gasteiger partial charge in [0, 0.05) is 11.4 Å². The molecule has 2 N–H and O–H groups in total. The molecule has 0 bridgehead atoms. The van der Waals surface area contributed by atoms with Gasteiger partial charge in [-0.05, 0) is 12.8 Å². The quantitative estimate of drug-likeness (QED) is 0.348. The molecule has 0 aromatic heterocycles. The second-order valence-electron chi connectivity index (χ2n) is 3.70. The summed E-state index contributed by atoms with van der Waals surface area (Å²) in [6.07, 6.45) is 1.25. The third-order valence-corrected chi connectivity index (χ3v) is 5.75. The maximum absolute atomic E-state index is 10.6. The summed E-state index contributed by atoms with van der Waals surface area (Å²) in [4.78, 5) is 42.5. The molecule has 0 aliphatic heterocycles. The van der Waals surface area contributed by atoms with Crippen molar-refractivity contribution in [3.63, 3.8) is 0 Å². The zero-order valence-electron chi connectivity index (χ0n) is 12.9. The molecular formula is C7H15NNa4O6P2. The summed E-state index contributed by atoms with van der Waals surface area (Å²) in [6.45, 7) is 1.88. The van der Waals surface area contributed by atoms with Crippen LogP contribution in [0.15, 0.2) is 0 Å². The molecule has 0 aromatic carbocycles. The Kier molecular flexibility index (Phi) is 29.6. The van der Waals surface area contributed by atoms with E-state index in [1.807, 2.05) is 6.92 Å². The van der Waals surface area contributed by atoms with Gasteiger partial charge in [-0.2, -0.15) is 0 Å². The van der Waals surface area contributed by atoms with E-state index in [-0.39, 0.29) is 118 Å². The monoisotopic (exact) mass is 363 g/mol. The molecule has 0 amide bonds. The second-order valence-corrected chi connectivity index (χ2v) is 7.51. The first-order chi connectivity index (χ1) is 7.09. The first-order valence-corrected chi connectivity index (χ1v) is 8.10. The van der Waals surface area contributed by atoms with Gasteiger partial charge in [-0.3, -0.25) is 0 Å². The summed E-state index contributed by atoms with van der Waals surface area (Å²) in [6, 6.07) is -0.766. The molecule has 0 saturated heterocycles. The molecule has 0 heterocycles. The summed E-state index contributed by atoms with van der Waals surface area (Å²) in [5.41, 5.74) is 5.46. The largest absolute Gasteiger partial charge is 1.00 e. The molecule has 0 saturated carbocycles. The van der Waals surface area contributed by atoms with E-state index in [0.29, 0.717) is 12.8 Å². The fourth-order valence-corrected chi connectivity index (χ4v) is 3.73. The third kappa shape index (κ3) is 17.1. The van der Waals surface area contributed by atoms with Crippen LogP contribution in [0.2, 0.25) is 0 Å². The molecule has 0 fully saturated rings. The number of rotatable bonds is 7. The van der Waals surface area contributed by atoms with Crippen molar-refractivity contribution in [3.05, 3.63) is 0 Å². The molecule has 1 atom stereocenters. The average Bonchev–Trinajstić information content (AvgIpc) is 2.07. The van der Waals surface area contributed by atoms with Crippen LogP contribution in [-0.2, 0) is 9.13 Å². The molecule has 20 heavy (non-hydrogen) atoms. The SMILES string of the molecule is CCCCC(N)CC(P(=O)([O-])[O-])P(=O)([O-])[O-].[Na+].[Na+].[Na+].[Na+]. The molecule has 0 rings (SSSR count). The Morgan fingerprint density at radius 2 is 1.30 bits per heavy atom. The van der Waals surface area contributed by atoms with E-state index in [9.17, 15) is 28.7 Å². The Bertz CT molecular complexity index is 290. The molecule has 0 aliphatic carbocycles. The number of hydrogen-bond acceptors (Lipinski definition) is 7. The van der Waals surface area contributed by atoms with Gasteiger partial charge >= 0.3 is 118 Å². The maximum atomic E-state index is 10.6. The maximum Gasteiger partial charge on any atom is 1.00 e. The Balaban J connectivity index is -0.000000187. The topological polar surface area (TPSA) is 152 Å². The Hall–Kier alpha value is 4.26. The number of unbranched alkanes of at least 4 members (excludes halogenated alkanes) is 1. The van der Waals surface area contributed by atoms with Crippen LogP contribution in [0.4, 0.5) is 0 Å². The van der Waals surface area contributed by atoms with Crippen LogP contribution in [0, 0.1) is 0 Å². The van der Waals surface area contributed by atoms with Crippen LogP contribution in [-0.4, -0.2) is 11.4 Å². The van der Waals surface area contributed by atoms with Gasteiger partial charge in [0.1, 0.15) is 0 Å². The van der Waals surface area contributed by atoms with Crippen molar-refractivity contribution in [2.45, 2.75) is 44.0 Å². The van der Waals surface area contributed by atoms with Gasteiger partial charge in [0.25, 0.3) is 0 Å². The molecule has 1 unspecified atom stereocenters.